The summed E-state index contributed by atoms with van der Waals surface area (Å²) >= 11 is 0. The number of hydrogen-bond acceptors (Lipinski definition) is 6. The third-order valence-corrected chi connectivity index (χ3v) is 6.22. The fourth-order valence-corrected chi connectivity index (χ4v) is 4.50. The van der Waals surface area contributed by atoms with E-state index < -0.39 is 0 Å². The number of guanidine groups is 1. The fraction of sp³-hybridized carbons (Fsp3) is 0.542. The standard InChI is InChI=1S/C24H35N5O3.HI/c1-18-8-9-23(32-18)21(28-12-14-31-15-13-28)16-26-24(25-2)27-19-10-11-29(17-19)20-6-4-5-7-22(20)30-3;/h4-9,19,21H,10-17H2,1-3H3,(H2,25,26,27);1H. The molecule has 0 saturated carbocycles. The fourth-order valence-electron chi connectivity index (χ4n) is 4.50. The van der Waals surface area contributed by atoms with Crippen molar-refractivity contribution >= 4 is 35.6 Å². The van der Waals surface area contributed by atoms with Crippen LogP contribution in [0.3, 0.4) is 0 Å². The van der Waals surface area contributed by atoms with Crippen LogP contribution in [0.5, 0.6) is 5.75 Å². The number of morpholine rings is 1. The largest absolute Gasteiger partial charge is 0.495 e. The summed E-state index contributed by atoms with van der Waals surface area (Å²) in [6.07, 6.45) is 1.04. The second-order valence-electron chi connectivity index (χ2n) is 8.31. The van der Waals surface area contributed by atoms with Crippen LogP contribution in [-0.4, -0.2) is 77.0 Å². The summed E-state index contributed by atoms with van der Waals surface area (Å²) in [6.45, 7) is 7.90. The molecule has 33 heavy (non-hydrogen) atoms. The molecule has 0 amide bonds. The first-order valence-electron chi connectivity index (χ1n) is 11.4. The molecule has 2 unspecified atom stereocenters. The minimum Gasteiger partial charge on any atom is -0.495 e. The lowest BCUT2D eigenvalue weighted by Gasteiger charge is -2.33. The van der Waals surface area contributed by atoms with Gasteiger partial charge in [-0.15, -0.1) is 24.0 Å². The Hall–Kier alpha value is -1.98. The van der Waals surface area contributed by atoms with Crippen LogP contribution in [0.2, 0.25) is 0 Å². The highest BCUT2D eigenvalue weighted by Gasteiger charge is 2.27. The Morgan fingerprint density at radius 2 is 1.97 bits per heavy atom. The zero-order valence-corrected chi connectivity index (χ0v) is 22.1. The van der Waals surface area contributed by atoms with Gasteiger partial charge in [0, 0.05) is 45.8 Å². The van der Waals surface area contributed by atoms with Gasteiger partial charge in [0.15, 0.2) is 5.96 Å². The van der Waals surface area contributed by atoms with Gasteiger partial charge in [0.25, 0.3) is 0 Å². The van der Waals surface area contributed by atoms with Gasteiger partial charge in [-0.3, -0.25) is 9.89 Å². The summed E-state index contributed by atoms with van der Waals surface area (Å²) in [5.74, 6) is 3.65. The quantitative estimate of drug-likeness (QED) is 0.302. The second-order valence-corrected chi connectivity index (χ2v) is 8.31. The lowest BCUT2D eigenvalue weighted by atomic mass is 10.1. The number of methoxy groups -OCH3 is 1. The molecule has 2 fully saturated rings. The molecular weight excluding hydrogens is 533 g/mol. The maximum absolute atomic E-state index is 5.98. The monoisotopic (exact) mass is 569 g/mol. The molecule has 0 bridgehead atoms. The number of furan rings is 1. The number of nitrogens with one attached hydrogen (secondary N) is 2. The Morgan fingerprint density at radius 1 is 1.18 bits per heavy atom. The molecule has 2 aliphatic heterocycles. The molecule has 4 rings (SSSR count). The number of benzene rings is 1. The number of nitrogens with zero attached hydrogens (tertiary/aromatic N) is 3. The van der Waals surface area contributed by atoms with Crippen LogP contribution >= 0.6 is 24.0 Å². The molecule has 0 radical (unpaired) electrons. The SMILES string of the molecule is CN=C(NCC(c1ccc(C)o1)N1CCOCC1)NC1CCN(c2ccccc2OC)C1.I. The highest BCUT2D eigenvalue weighted by molar-refractivity contribution is 14.0. The van der Waals surface area contributed by atoms with Gasteiger partial charge in [-0.1, -0.05) is 12.1 Å². The molecule has 0 spiro atoms. The van der Waals surface area contributed by atoms with Gasteiger partial charge in [-0.05, 0) is 37.6 Å². The maximum atomic E-state index is 5.98. The highest BCUT2D eigenvalue weighted by atomic mass is 127. The smallest absolute Gasteiger partial charge is 0.191 e. The van der Waals surface area contributed by atoms with Crippen molar-refractivity contribution in [2.24, 2.45) is 4.99 Å². The Bertz CT molecular complexity index is 900. The number of rotatable bonds is 7. The molecule has 2 aromatic rings. The number of anilines is 1. The third-order valence-electron chi connectivity index (χ3n) is 6.22. The summed E-state index contributed by atoms with van der Waals surface area (Å²) in [7, 11) is 3.55. The first-order valence-corrected chi connectivity index (χ1v) is 11.4. The minimum absolute atomic E-state index is 0. The van der Waals surface area contributed by atoms with Crippen LogP contribution in [0.1, 0.15) is 24.0 Å². The lowest BCUT2D eigenvalue weighted by molar-refractivity contribution is 0.0124. The normalized spacial score (nSPS) is 20.3. The first kappa shape index (κ1) is 25.6. The molecule has 1 aromatic carbocycles. The van der Waals surface area contributed by atoms with Crippen LogP contribution in [0.15, 0.2) is 45.8 Å². The topological polar surface area (TPSA) is 74.5 Å². The zero-order chi connectivity index (χ0) is 22.3. The number of aliphatic imine (C=N–C) groups is 1. The van der Waals surface area contributed by atoms with Crippen molar-refractivity contribution in [1.29, 1.82) is 0 Å². The molecule has 2 aliphatic rings. The predicted octanol–water partition coefficient (Wildman–Crippen LogP) is 3.03. The summed E-state index contributed by atoms with van der Waals surface area (Å²) < 4.78 is 17.1. The molecule has 2 saturated heterocycles. The predicted molar refractivity (Wildman–Crippen MR) is 142 cm³/mol. The Morgan fingerprint density at radius 3 is 2.67 bits per heavy atom. The van der Waals surface area contributed by atoms with E-state index in [1.165, 1.54) is 0 Å². The number of halogens is 1. The van der Waals surface area contributed by atoms with Crippen molar-refractivity contribution < 1.29 is 13.9 Å². The van der Waals surface area contributed by atoms with E-state index >= 15 is 0 Å². The van der Waals surface area contributed by atoms with Crippen LogP contribution in [-0.2, 0) is 4.74 Å². The van der Waals surface area contributed by atoms with E-state index in [1.54, 1.807) is 7.11 Å². The van der Waals surface area contributed by atoms with E-state index in [9.17, 15) is 0 Å². The summed E-state index contributed by atoms with van der Waals surface area (Å²) in [5, 5.41) is 7.13. The zero-order valence-electron chi connectivity index (χ0n) is 19.8. The van der Waals surface area contributed by atoms with Gasteiger partial charge in [-0.25, -0.2) is 0 Å². The van der Waals surface area contributed by atoms with Crippen molar-refractivity contribution in [3.8, 4) is 5.75 Å². The molecule has 2 atom stereocenters. The van der Waals surface area contributed by atoms with Gasteiger partial charge in [0.1, 0.15) is 17.3 Å². The molecular formula is C24H36IN5O3. The van der Waals surface area contributed by atoms with Crippen molar-refractivity contribution in [1.82, 2.24) is 15.5 Å². The van der Waals surface area contributed by atoms with Crippen LogP contribution < -0.4 is 20.3 Å². The van der Waals surface area contributed by atoms with Crippen LogP contribution in [0.25, 0.3) is 0 Å². The van der Waals surface area contributed by atoms with Crippen molar-refractivity contribution in [3.05, 3.63) is 47.9 Å². The Balaban J connectivity index is 0.00000306. The second kappa shape index (κ2) is 12.5. The van der Waals surface area contributed by atoms with Gasteiger partial charge >= 0.3 is 0 Å². The molecule has 2 N–H and O–H groups in total. The van der Waals surface area contributed by atoms with Gasteiger partial charge < -0.3 is 29.4 Å². The number of para-hydroxylation sites is 2. The molecule has 0 aliphatic carbocycles. The number of hydrogen-bond donors (Lipinski definition) is 2. The minimum atomic E-state index is 0. The first-order chi connectivity index (χ1) is 15.7. The van der Waals surface area contributed by atoms with Crippen molar-refractivity contribution in [3.63, 3.8) is 0 Å². The number of aryl methyl sites for hydroxylation is 1. The maximum Gasteiger partial charge on any atom is 0.191 e. The van der Waals surface area contributed by atoms with Crippen LogP contribution in [0, 0.1) is 6.92 Å². The lowest BCUT2D eigenvalue weighted by Crippen LogP contribution is -2.48. The summed E-state index contributed by atoms with van der Waals surface area (Å²) in [4.78, 5) is 9.26. The van der Waals surface area contributed by atoms with E-state index in [-0.39, 0.29) is 30.0 Å². The van der Waals surface area contributed by atoms with E-state index in [0.717, 1.165) is 81.3 Å². The Labute approximate surface area is 213 Å². The molecule has 182 valence electrons. The van der Waals surface area contributed by atoms with Crippen molar-refractivity contribution in [2.45, 2.75) is 25.4 Å². The average molecular weight is 569 g/mol. The average Bonchev–Trinajstić information content (AvgIpc) is 3.48. The highest BCUT2D eigenvalue weighted by Crippen LogP contribution is 2.30. The van der Waals surface area contributed by atoms with E-state index in [2.05, 4.69) is 43.6 Å². The summed E-state index contributed by atoms with van der Waals surface area (Å²) in [6, 6.07) is 12.8. The Kier molecular flexibility index (Phi) is 9.69. The van der Waals surface area contributed by atoms with Gasteiger partial charge in [-0.2, -0.15) is 0 Å². The molecule has 1 aromatic heterocycles. The van der Waals surface area contributed by atoms with E-state index in [1.807, 2.05) is 32.2 Å². The van der Waals surface area contributed by atoms with E-state index in [4.69, 9.17) is 13.9 Å². The molecule has 8 nitrogen and oxygen atoms in total. The molecule has 9 heteroatoms. The molecule has 3 heterocycles. The number of ether oxygens (including phenoxy) is 2. The van der Waals surface area contributed by atoms with Crippen LogP contribution in [0.4, 0.5) is 5.69 Å². The van der Waals surface area contributed by atoms with Gasteiger partial charge in [0.2, 0.25) is 0 Å². The summed E-state index contributed by atoms with van der Waals surface area (Å²) in [5.41, 5.74) is 1.14. The van der Waals surface area contributed by atoms with E-state index in [0.29, 0.717) is 6.04 Å². The third kappa shape index (κ3) is 6.54. The van der Waals surface area contributed by atoms with Crippen molar-refractivity contribution in [2.75, 3.05) is 65.0 Å². The van der Waals surface area contributed by atoms with Gasteiger partial charge in [0.05, 0.1) is 32.1 Å².